The van der Waals surface area contributed by atoms with Crippen molar-refractivity contribution in [2.45, 2.75) is 53.1 Å². The first-order chi connectivity index (χ1) is 7.35. The van der Waals surface area contributed by atoms with Gasteiger partial charge in [0.25, 0.3) is 0 Å². The Morgan fingerprint density at radius 2 is 1.88 bits per heavy atom. The van der Waals surface area contributed by atoms with Crippen molar-refractivity contribution in [3.05, 3.63) is 0 Å². The first kappa shape index (κ1) is 15.9. The molecule has 0 spiro atoms. The zero-order valence-corrected chi connectivity index (χ0v) is 11.9. The smallest absolute Gasteiger partial charge is 0.0584 e. The highest BCUT2D eigenvalue weighted by Crippen LogP contribution is 2.22. The second kappa shape index (κ2) is 7.25. The topological polar surface area (TPSA) is 35.5 Å². The summed E-state index contributed by atoms with van der Waals surface area (Å²) < 4.78 is 0. The maximum atomic E-state index is 9.12. The number of aliphatic hydroxyl groups excluding tert-OH is 1. The van der Waals surface area contributed by atoms with Crippen molar-refractivity contribution in [1.82, 2.24) is 10.2 Å². The van der Waals surface area contributed by atoms with Gasteiger partial charge in [0, 0.05) is 18.6 Å². The fourth-order valence-corrected chi connectivity index (χ4v) is 1.71. The van der Waals surface area contributed by atoms with Crippen LogP contribution in [0.5, 0.6) is 0 Å². The largest absolute Gasteiger partial charge is 0.395 e. The van der Waals surface area contributed by atoms with Crippen molar-refractivity contribution in [3.8, 4) is 0 Å². The fraction of sp³-hybridized carbons (Fsp3) is 1.00. The third-order valence-corrected chi connectivity index (χ3v) is 3.55. The monoisotopic (exact) mass is 230 g/mol. The van der Waals surface area contributed by atoms with Crippen LogP contribution in [0, 0.1) is 5.41 Å². The normalized spacial score (nSPS) is 16.5. The number of hydrogen-bond donors (Lipinski definition) is 2. The molecule has 98 valence electrons. The van der Waals surface area contributed by atoms with Gasteiger partial charge in [-0.25, -0.2) is 0 Å². The Bertz CT molecular complexity index is 183. The predicted octanol–water partition coefficient (Wildman–Crippen LogP) is 1.71. The molecule has 2 atom stereocenters. The maximum absolute atomic E-state index is 9.12. The third-order valence-electron chi connectivity index (χ3n) is 3.55. The molecule has 0 radical (unpaired) electrons. The summed E-state index contributed by atoms with van der Waals surface area (Å²) in [5, 5.41) is 12.7. The van der Waals surface area contributed by atoms with Crippen LogP contribution in [-0.2, 0) is 0 Å². The Kier molecular flexibility index (Phi) is 7.20. The van der Waals surface area contributed by atoms with E-state index < -0.39 is 0 Å². The van der Waals surface area contributed by atoms with Gasteiger partial charge in [0.15, 0.2) is 0 Å². The molecular formula is C13H30N2O. The molecule has 0 saturated carbocycles. The molecule has 0 aliphatic carbocycles. The van der Waals surface area contributed by atoms with Crippen LogP contribution in [-0.4, -0.2) is 48.8 Å². The molecule has 16 heavy (non-hydrogen) atoms. The Labute approximate surface area is 101 Å². The van der Waals surface area contributed by atoms with Gasteiger partial charge in [-0.05, 0) is 39.3 Å². The molecule has 0 aliphatic heterocycles. The number of aliphatic hydroxyl groups is 1. The van der Waals surface area contributed by atoms with Crippen molar-refractivity contribution < 1.29 is 5.11 Å². The molecule has 0 aromatic heterocycles. The van der Waals surface area contributed by atoms with Crippen LogP contribution >= 0.6 is 0 Å². The molecule has 2 N–H and O–H groups in total. The summed E-state index contributed by atoms with van der Waals surface area (Å²) in [6, 6.07) is 0.721. The summed E-state index contributed by atoms with van der Waals surface area (Å²) in [6.07, 6.45) is 1.17. The summed E-state index contributed by atoms with van der Waals surface area (Å²) >= 11 is 0. The lowest BCUT2D eigenvalue weighted by Gasteiger charge is -2.38. The molecule has 0 aliphatic rings. The molecule has 0 saturated heterocycles. The highest BCUT2D eigenvalue weighted by Gasteiger charge is 2.27. The summed E-state index contributed by atoms with van der Waals surface area (Å²) in [5.41, 5.74) is 0.216. The molecule has 3 heteroatoms. The number of nitrogens with one attached hydrogen (secondary N) is 1. The lowest BCUT2D eigenvalue weighted by atomic mass is 9.84. The molecule has 0 amide bonds. The summed E-state index contributed by atoms with van der Waals surface area (Å²) in [6.45, 7) is 13.3. The molecule has 0 bridgehead atoms. The van der Waals surface area contributed by atoms with E-state index >= 15 is 0 Å². The van der Waals surface area contributed by atoms with Crippen molar-refractivity contribution in [3.63, 3.8) is 0 Å². The third kappa shape index (κ3) is 5.28. The predicted molar refractivity (Wildman–Crippen MR) is 70.7 cm³/mol. The minimum Gasteiger partial charge on any atom is -0.395 e. The Balaban J connectivity index is 4.20. The fourth-order valence-electron chi connectivity index (χ4n) is 1.71. The van der Waals surface area contributed by atoms with Gasteiger partial charge in [0.1, 0.15) is 0 Å². The van der Waals surface area contributed by atoms with Gasteiger partial charge in [-0.3, -0.25) is 0 Å². The summed E-state index contributed by atoms with van der Waals surface area (Å²) in [4.78, 5) is 2.23. The van der Waals surface area contributed by atoms with Gasteiger partial charge in [-0.1, -0.05) is 20.8 Å². The number of hydrogen-bond acceptors (Lipinski definition) is 3. The number of nitrogens with zero attached hydrogens (tertiary/aromatic N) is 1. The first-order valence-electron chi connectivity index (χ1n) is 6.39. The summed E-state index contributed by atoms with van der Waals surface area (Å²) in [7, 11) is 2.08. The standard InChI is InChI=1S/C13H30N2O/c1-7-8-14-12(3)13(4,5)10-15(6)11(2)9-16/h11-12,14,16H,7-10H2,1-6H3. The Morgan fingerprint density at radius 1 is 1.31 bits per heavy atom. The van der Waals surface area contributed by atoms with Gasteiger partial charge in [-0.2, -0.15) is 0 Å². The van der Waals surface area contributed by atoms with E-state index in [1.165, 1.54) is 6.42 Å². The SMILES string of the molecule is CCCNC(C)C(C)(C)CN(C)C(C)CO. The first-order valence-corrected chi connectivity index (χ1v) is 6.39. The molecule has 3 nitrogen and oxygen atoms in total. The van der Waals surface area contributed by atoms with E-state index in [2.05, 4.69) is 51.9 Å². The van der Waals surface area contributed by atoms with E-state index in [4.69, 9.17) is 5.11 Å². The highest BCUT2D eigenvalue weighted by molar-refractivity contribution is 4.84. The van der Waals surface area contributed by atoms with Crippen LogP contribution in [0.4, 0.5) is 0 Å². The molecule has 0 rings (SSSR count). The zero-order chi connectivity index (χ0) is 12.8. The van der Waals surface area contributed by atoms with Gasteiger partial charge in [0.2, 0.25) is 0 Å². The number of likely N-dealkylation sites (N-methyl/N-ethyl adjacent to an activating group) is 1. The highest BCUT2D eigenvalue weighted by atomic mass is 16.3. The van der Waals surface area contributed by atoms with E-state index in [-0.39, 0.29) is 18.1 Å². The van der Waals surface area contributed by atoms with Gasteiger partial charge < -0.3 is 15.3 Å². The average molecular weight is 230 g/mol. The minimum atomic E-state index is 0.216. The van der Waals surface area contributed by atoms with E-state index in [0.717, 1.165) is 13.1 Å². The maximum Gasteiger partial charge on any atom is 0.0584 e. The van der Waals surface area contributed by atoms with Crippen LogP contribution in [0.25, 0.3) is 0 Å². The van der Waals surface area contributed by atoms with Crippen LogP contribution in [0.1, 0.15) is 41.0 Å². The van der Waals surface area contributed by atoms with E-state index in [0.29, 0.717) is 6.04 Å². The van der Waals surface area contributed by atoms with Crippen LogP contribution in [0.15, 0.2) is 0 Å². The van der Waals surface area contributed by atoms with Gasteiger partial charge in [-0.15, -0.1) is 0 Å². The Hall–Kier alpha value is -0.120. The van der Waals surface area contributed by atoms with Crippen molar-refractivity contribution in [2.75, 3.05) is 26.7 Å². The van der Waals surface area contributed by atoms with Crippen LogP contribution in [0.3, 0.4) is 0 Å². The summed E-state index contributed by atoms with van der Waals surface area (Å²) in [5.74, 6) is 0. The van der Waals surface area contributed by atoms with Crippen LogP contribution < -0.4 is 5.32 Å². The molecule has 0 aromatic rings. The van der Waals surface area contributed by atoms with Crippen molar-refractivity contribution in [2.24, 2.45) is 5.41 Å². The zero-order valence-electron chi connectivity index (χ0n) is 11.9. The second-order valence-corrected chi connectivity index (χ2v) is 5.61. The van der Waals surface area contributed by atoms with Gasteiger partial charge >= 0.3 is 0 Å². The lowest BCUT2D eigenvalue weighted by molar-refractivity contribution is 0.101. The average Bonchev–Trinajstić information content (AvgIpc) is 2.23. The van der Waals surface area contributed by atoms with Crippen molar-refractivity contribution in [1.29, 1.82) is 0 Å². The minimum absolute atomic E-state index is 0.216. The quantitative estimate of drug-likeness (QED) is 0.666. The van der Waals surface area contributed by atoms with E-state index in [9.17, 15) is 0 Å². The van der Waals surface area contributed by atoms with E-state index in [1.807, 2.05) is 0 Å². The molecule has 0 fully saturated rings. The second-order valence-electron chi connectivity index (χ2n) is 5.61. The molecule has 0 heterocycles. The van der Waals surface area contributed by atoms with Crippen molar-refractivity contribution >= 4 is 0 Å². The molecule has 2 unspecified atom stereocenters. The molecular weight excluding hydrogens is 200 g/mol. The Morgan fingerprint density at radius 3 is 2.31 bits per heavy atom. The van der Waals surface area contributed by atoms with E-state index in [1.54, 1.807) is 0 Å². The van der Waals surface area contributed by atoms with Gasteiger partial charge in [0.05, 0.1) is 6.61 Å². The lowest BCUT2D eigenvalue weighted by Crippen LogP contribution is -2.48. The number of rotatable bonds is 8. The van der Waals surface area contributed by atoms with Crippen LogP contribution in [0.2, 0.25) is 0 Å². The molecule has 0 aromatic carbocycles.